The fourth-order valence-electron chi connectivity index (χ4n) is 3.26. The van der Waals surface area contributed by atoms with E-state index in [0.717, 1.165) is 22.4 Å². The molecule has 1 N–H and O–H groups in total. The highest BCUT2D eigenvalue weighted by atomic mass is 35.5. The van der Waals surface area contributed by atoms with E-state index in [0.29, 0.717) is 28.8 Å². The minimum absolute atomic E-state index is 0.136. The van der Waals surface area contributed by atoms with Crippen molar-refractivity contribution in [1.82, 2.24) is 9.55 Å². The smallest absolute Gasteiger partial charge is 0.138 e. The van der Waals surface area contributed by atoms with Crippen molar-refractivity contribution in [3.05, 3.63) is 94.2 Å². The summed E-state index contributed by atoms with van der Waals surface area (Å²) in [5, 5.41) is 11.9. The lowest BCUT2D eigenvalue weighted by molar-refractivity contribution is 0.0928. The molecule has 4 nitrogen and oxygen atoms in total. The Kier molecular flexibility index (Phi) is 6.05. The van der Waals surface area contributed by atoms with Gasteiger partial charge in [-0.3, -0.25) is 0 Å². The van der Waals surface area contributed by atoms with Crippen LogP contribution in [-0.4, -0.2) is 27.4 Å². The molecule has 0 bridgehead atoms. The summed E-state index contributed by atoms with van der Waals surface area (Å²) in [4.78, 5) is 4.77. The van der Waals surface area contributed by atoms with E-state index < -0.39 is 6.10 Å². The predicted octanol–water partition coefficient (Wildman–Crippen LogP) is 5.37. The molecule has 1 atom stereocenters. The first-order valence-electron chi connectivity index (χ1n) is 9.34. The van der Waals surface area contributed by atoms with Gasteiger partial charge >= 0.3 is 0 Å². The summed E-state index contributed by atoms with van der Waals surface area (Å²) < 4.78 is 7.75. The van der Waals surface area contributed by atoms with E-state index in [2.05, 4.69) is 0 Å². The second kappa shape index (κ2) is 8.87. The number of aliphatic hydroxyl groups excluding tert-OH is 1. The van der Waals surface area contributed by atoms with Crippen molar-refractivity contribution in [2.45, 2.75) is 19.1 Å². The van der Waals surface area contributed by atoms with Gasteiger partial charge in [0, 0.05) is 11.4 Å². The highest BCUT2D eigenvalue weighted by Gasteiger charge is 2.15. The van der Waals surface area contributed by atoms with Crippen LogP contribution in [-0.2, 0) is 13.0 Å². The summed E-state index contributed by atoms with van der Waals surface area (Å²) in [5.74, 6) is 1.44. The predicted molar refractivity (Wildman–Crippen MR) is 117 cm³/mol. The average molecular weight is 427 g/mol. The van der Waals surface area contributed by atoms with Gasteiger partial charge in [0.05, 0.1) is 22.6 Å². The summed E-state index contributed by atoms with van der Waals surface area (Å²) in [6, 6.07) is 22.9. The number of ether oxygens (including phenoxy) is 1. The third-order valence-electron chi connectivity index (χ3n) is 4.67. The fraction of sp³-hybridized carbons (Fsp3) is 0.174. The van der Waals surface area contributed by atoms with E-state index in [1.54, 1.807) is 12.1 Å². The number of para-hydroxylation sites is 3. The first-order valence-corrected chi connectivity index (χ1v) is 10.1. The molecule has 0 amide bonds. The van der Waals surface area contributed by atoms with Crippen LogP contribution in [0.4, 0.5) is 0 Å². The number of benzene rings is 3. The Hall–Kier alpha value is -2.53. The molecule has 4 rings (SSSR count). The van der Waals surface area contributed by atoms with Crippen molar-refractivity contribution in [1.29, 1.82) is 0 Å². The largest absolute Gasteiger partial charge is 0.489 e. The van der Waals surface area contributed by atoms with Crippen molar-refractivity contribution in [3.8, 4) is 5.75 Å². The third kappa shape index (κ3) is 4.73. The summed E-state index contributed by atoms with van der Waals surface area (Å²) in [6.45, 7) is 0.504. The lowest BCUT2D eigenvalue weighted by Gasteiger charge is -2.16. The number of imidazole rings is 1. The molecule has 3 aromatic carbocycles. The minimum Gasteiger partial charge on any atom is -0.489 e. The number of rotatable bonds is 7. The quantitative estimate of drug-likeness (QED) is 0.431. The molecule has 0 unspecified atom stereocenters. The summed E-state index contributed by atoms with van der Waals surface area (Å²) in [7, 11) is 0. The molecule has 4 aromatic rings. The topological polar surface area (TPSA) is 47.3 Å². The Balaban J connectivity index is 1.55. The van der Waals surface area contributed by atoms with E-state index in [4.69, 9.17) is 32.9 Å². The van der Waals surface area contributed by atoms with Crippen molar-refractivity contribution in [2.75, 3.05) is 6.61 Å². The molecule has 1 heterocycles. The van der Waals surface area contributed by atoms with Crippen molar-refractivity contribution in [3.63, 3.8) is 0 Å². The van der Waals surface area contributed by atoms with Crippen LogP contribution in [0.2, 0.25) is 10.0 Å². The molecule has 0 aliphatic rings. The van der Waals surface area contributed by atoms with Gasteiger partial charge in [0.2, 0.25) is 0 Å². The molecule has 0 fully saturated rings. The van der Waals surface area contributed by atoms with Gasteiger partial charge in [-0.2, -0.15) is 0 Å². The first-order chi connectivity index (χ1) is 14.1. The molecule has 1 aromatic heterocycles. The van der Waals surface area contributed by atoms with Crippen LogP contribution in [0.5, 0.6) is 5.75 Å². The second-order valence-electron chi connectivity index (χ2n) is 6.83. The van der Waals surface area contributed by atoms with Gasteiger partial charge in [-0.25, -0.2) is 4.98 Å². The van der Waals surface area contributed by atoms with Crippen LogP contribution in [0.25, 0.3) is 11.0 Å². The average Bonchev–Trinajstić information content (AvgIpc) is 3.06. The van der Waals surface area contributed by atoms with Gasteiger partial charge in [-0.05, 0) is 42.0 Å². The van der Waals surface area contributed by atoms with E-state index in [1.807, 2.05) is 65.2 Å². The number of aliphatic hydroxyl groups is 1. The van der Waals surface area contributed by atoms with Gasteiger partial charge in [0.1, 0.15) is 24.3 Å². The molecule has 0 saturated carbocycles. The van der Waals surface area contributed by atoms with Crippen LogP contribution in [0.15, 0.2) is 72.8 Å². The van der Waals surface area contributed by atoms with Crippen molar-refractivity contribution < 1.29 is 9.84 Å². The Morgan fingerprint density at radius 1 is 0.931 bits per heavy atom. The third-order valence-corrected chi connectivity index (χ3v) is 5.23. The van der Waals surface area contributed by atoms with Gasteiger partial charge in [0.15, 0.2) is 0 Å². The molecule has 0 spiro atoms. The van der Waals surface area contributed by atoms with Crippen LogP contribution in [0.3, 0.4) is 0 Å². The number of halogens is 2. The lowest BCUT2D eigenvalue weighted by atomic mass is 10.1. The normalized spacial score (nSPS) is 12.2. The van der Waals surface area contributed by atoms with Gasteiger partial charge in [-0.1, -0.05) is 59.6 Å². The Bertz CT molecular complexity index is 1110. The van der Waals surface area contributed by atoms with E-state index in [9.17, 15) is 5.11 Å². The monoisotopic (exact) mass is 426 g/mol. The van der Waals surface area contributed by atoms with Gasteiger partial charge in [-0.15, -0.1) is 0 Å². The Labute approximate surface area is 179 Å². The maximum absolute atomic E-state index is 10.6. The van der Waals surface area contributed by atoms with Crippen LogP contribution >= 0.6 is 23.2 Å². The number of nitrogens with zero attached hydrogens (tertiary/aromatic N) is 2. The van der Waals surface area contributed by atoms with Crippen LogP contribution in [0, 0.1) is 0 Å². The summed E-state index contributed by atoms with van der Waals surface area (Å²) in [5.41, 5.74) is 2.98. The zero-order chi connectivity index (χ0) is 20.2. The maximum Gasteiger partial charge on any atom is 0.138 e. The first kappa shape index (κ1) is 19.8. The number of fused-ring (bicyclic) bond motifs is 1. The molecular formula is C23H20Cl2N2O2. The zero-order valence-electron chi connectivity index (χ0n) is 15.6. The summed E-state index contributed by atoms with van der Waals surface area (Å²) in [6.07, 6.45) is -0.0722. The van der Waals surface area contributed by atoms with Gasteiger partial charge in [0.25, 0.3) is 0 Å². The molecule has 0 radical (unpaired) electrons. The molecular weight excluding hydrogens is 407 g/mol. The van der Waals surface area contributed by atoms with E-state index in [1.165, 1.54) is 0 Å². The number of aromatic nitrogens is 2. The molecule has 0 aliphatic heterocycles. The van der Waals surface area contributed by atoms with Crippen molar-refractivity contribution >= 4 is 34.2 Å². The molecule has 6 heteroatoms. The van der Waals surface area contributed by atoms with E-state index in [-0.39, 0.29) is 6.61 Å². The minimum atomic E-state index is -0.715. The number of hydrogen-bond donors (Lipinski definition) is 1. The lowest BCUT2D eigenvalue weighted by Crippen LogP contribution is -2.24. The Morgan fingerprint density at radius 2 is 1.66 bits per heavy atom. The number of hydrogen-bond acceptors (Lipinski definition) is 3. The van der Waals surface area contributed by atoms with Crippen molar-refractivity contribution in [2.24, 2.45) is 0 Å². The molecule has 0 aliphatic carbocycles. The summed E-state index contributed by atoms with van der Waals surface area (Å²) >= 11 is 12.1. The van der Waals surface area contributed by atoms with E-state index >= 15 is 0 Å². The zero-order valence-corrected chi connectivity index (χ0v) is 17.1. The SMILES string of the molecule is O[C@H](COc1ccccc1Cl)Cn1c(Cc2ccc(Cl)cc2)nc2ccccc21. The Morgan fingerprint density at radius 3 is 2.45 bits per heavy atom. The standard InChI is InChI=1S/C23H20Cl2N2O2/c24-17-11-9-16(10-12-17)13-23-26-20-6-2-3-7-21(20)27(23)14-18(28)15-29-22-8-4-1-5-19(22)25/h1-12,18,28H,13-15H2/t18-/m0/s1. The molecule has 148 valence electrons. The fourth-order valence-corrected chi connectivity index (χ4v) is 3.58. The molecule has 29 heavy (non-hydrogen) atoms. The highest BCUT2D eigenvalue weighted by Crippen LogP contribution is 2.24. The van der Waals surface area contributed by atoms with Gasteiger partial charge < -0.3 is 14.4 Å². The highest BCUT2D eigenvalue weighted by molar-refractivity contribution is 6.32. The second-order valence-corrected chi connectivity index (χ2v) is 7.67. The van der Waals surface area contributed by atoms with Crippen LogP contribution in [0.1, 0.15) is 11.4 Å². The molecule has 0 saturated heterocycles. The maximum atomic E-state index is 10.6. The van der Waals surface area contributed by atoms with Crippen LogP contribution < -0.4 is 4.74 Å².